The molecule has 2 rings (SSSR count). The van der Waals surface area contributed by atoms with Crippen molar-refractivity contribution in [1.29, 1.82) is 0 Å². The number of amides is 1. The number of carbonyl (C=O) groups excluding carboxylic acids is 1. The molecule has 1 aliphatic heterocycles. The Kier molecular flexibility index (Phi) is 7.34. The van der Waals surface area contributed by atoms with Crippen molar-refractivity contribution in [3.8, 4) is 5.75 Å². The molecule has 1 aliphatic rings. The van der Waals surface area contributed by atoms with Crippen molar-refractivity contribution in [2.24, 2.45) is 0 Å². The summed E-state index contributed by atoms with van der Waals surface area (Å²) in [6.07, 6.45) is 0.572. The first-order chi connectivity index (χ1) is 11.6. The lowest BCUT2D eigenvalue weighted by molar-refractivity contribution is -0.121. The van der Waals surface area contributed by atoms with Crippen molar-refractivity contribution in [2.45, 2.75) is 6.42 Å². The van der Waals surface area contributed by atoms with Crippen LogP contribution in [-0.4, -0.2) is 82.7 Å². The number of carbonyl (C=O) groups is 1. The normalized spacial score (nSPS) is 15.6. The molecular formula is C18H30N4O2. The van der Waals surface area contributed by atoms with E-state index in [0.29, 0.717) is 13.0 Å². The number of piperazine rings is 1. The molecule has 6 nitrogen and oxygen atoms in total. The van der Waals surface area contributed by atoms with Crippen LogP contribution in [0.1, 0.15) is 6.42 Å². The first-order valence-electron chi connectivity index (χ1n) is 8.62. The Morgan fingerprint density at radius 1 is 1.21 bits per heavy atom. The number of hydrogen-bond acceptors (Lipinski definition) is 5. The summed E-state index contributed by atoms with van der Waals surface area (Å²) in [6.45, 7) is 6.29. The van der Waals surface area contributed by atoms with Crippen molar-refractivity contribution in [1.82, 2.24) is 15.1 Å². The third-order valence-corrected chi connectivity index (χ3v) is 4.33. The number of hydrogen-bond donors (Lipinski definition) is 1. The van der Waals surface area contributed by atoms with E-state index < -0.39 is 0 Å². The van der Waals surface area contributed by atoms with Gasteiger partial charge in [-0.2, -0.15) is 0 Å². The molecule has 24 heavy (non-hydrogen) atoms. The van der Waals surface area contributed by atoms with E-state index in [-0.39, 0.29) is 5.91 Å². The van der Waals surface area contributed by atoms with Gasteiger partial charge in [-0.3, -0.25) is 9.69 Å². The third-order valence-electron chi connectivity index (χ3n) is 4.33. The summed E-state index contributed by atoms with van der Waals surface area (Å²) in [7, 11) is 5.73. The minimum Gasteiger partial charge on any atom is -0.495 e. The highest BCUT2D eigenvalue weighted by molar-refractivity contribution is 5.76. The Morgan fingerprint density at radius 3 is 2.58 bits per heavy atom. The van der Waals surface area contributed by atoms with Crippen molar-refractivity contribution in [3.05, 3.63) is 24.3 Å². The monoisotopic (exact) mass is 334 g/mol. The van der Waals surface area contributed by atoms with E-state index in [1.54, 1.807) is 7.11 Å². The number of anilines is 1. The number of nitrogens with one attached hydrogen (secondary N) is 1. The molecule has 1 fully saturated rings. The van der Waals surface area contributed by atoms with Crippen molar-refractivity contribution in [3.63, 3.8) is 0 Å². The van der Waals surface area contributed by atoms with Crippen molar-refractivity contribution in [2.75, 3.05) is 71.9 Å². The summed E-state index contributed by atoms with van der Waals surface area (Å²) in [6, 6.07) is 8.14. The number of methoxy groups -OCH3 is 1. The molecule has 1 aromatic rings. The van der Waals surface area contributed by atoms with Crippen LogP contribution in [0.4, 0.5) is 5.69 Å². The van der Waals surface area contributed by atoms with E-state index >= 15 is 0 Å². The predicted octanol–water partition coefficient (Wildman–Crippen LogP) is 0.885. The van der Waals surface area contributed by atoms with Crippen molar-refractivity contribution < 1.29 is 9.53 Å². The molecular weight excluding hydrogens is 304 g/mol. The van der Waals surface area contributed by atoms with Crippen LogP contribution in [0, 0.1) is 0 Å². The quantitative estimate of drug-likeness (QED) is 0.765. The summed E-state index contributed by atoms with van der Waals surface area (Å²) in [5.74, 6) is 1.07. The second-order valence-electron chi connectivity index (χ2n) is 6.40. The van der Waals surface area contributed by atoms with Gasteiger partial charge in [-0.25, -0.2) is 0 Å². The molecule has 1 N–H and O–H groups in total. The van der Waals surface area contributed by atoms with Gasteiger partial charge in [0.15, 0.2) is 0 Å². The fourth-order valence-electron chi connectivity index (χ4n) is 2.87. The number of rotatable bonds is 8. The van der Waals surface area contributed by atoms with E-state index in [0.717, 1.165) is 50.7 Å². The van der Waals surface area contributed by atoms with Gasteiger partial charge in [0, 0.05) is 52.2 Å². The maximum atomic E-state index is 11.9. The van der Waals surface area contributed by atoms with Gasteiger partial charge in [0.05, 0.1) is 12.8 Å². The van der Waals surface area contributed by atoms with E-state index in [2.05, 4.69) is 26.1 Å². The van der Waals surface area contributed by atoms with Gasteiger partial charge in [0.25, 0.3) is 0 Å². The molecule has 1 amide bonds. The Labute approximate surface area is 145 Å². The van der Waals surface area contributed by atoms with E-state index in [1.807, 2.05) is 32.3 Å². The van der Waals surface area contributed by atoms with E-state index in [9.17, 15) is 4.79 Å². The molecule has 0 aliphatic carbocycles. The van der Waals surface area contributed by atoms with Gasteiger partial charge in [-0.1, -0.05) is 12.1 Å². The number of benzene rings is 1. The van der Waals surface area contributed by atoms with Crippen LogP contribution >= 0.6 is 0 Å². The van der Waals surface area contributed by atoms with Gasteiger partial charge in [-0.15, -0.1) is 0 Å². The Balaban J connectivity index is 1.70. The lowest BCUT2D eigenvalue weighted by atomic mass is 10.2. The first kappa shape index (κ1) is 18.5. The average molecular weight is 334 g/mol. The van der Waals surface area contributed by atoms with Gasteiger partial charge >= 0.3 is 0 Å². The van der Waals surface area contributed by atoms with E-state index in [4.69, 9.17) is 4.74 Å². The van der Waals surface area contributed by atoms with Crippen LogP contribution in [0.2, 0.25) is 0 Å². The fraction of sp³-hybridized carbons (Fsp3) is 0.611. The zero-order valence-corrected chi connectivity index (χ0v) is 15.1. The molecule has 0 bridgehead atoms. The Bertz CT molecular complexity index is 513. The smallest absolute Gasteiger partial charge is 0.221 e. The highest BCUT2D eigenvalue weighted by Gasteiger charge is 2.19. The highest BCUT2D eigenvalue weighted by atomic mass is 16.5. The molecule has 0 aromatic heterocycles. The molecule has 0 spiro atoms. The standard InChI is InChI=1S/C18H30N4O2/c1-20(2)11-9-19-18(23)8-10-21-12-14-22(15-13-21)16-6-4-5-7-17(16)24-3/h4-7H,8-15H2,1-3H3,(H,19,23). The minimum atomic E-state index is 0.143. The zero-order chi connectivity index (χ0) is 17.4. The maximum absolute atomic E-state index is 11.9. The topological polar surface area (TPSA) is 48.1 Å². The molecule has 1 heterocycles. The fourth-order valence-corrected chi connectivity index (χ4v) is 2.87. The second kappa shape index (κ2) is 9.49. The Hall–Kier alpha value is -1.79. The third kappa shape index (κ3) is 5.69. The maximum Gasteiger partial charge on any atom is 0.221 e. The van der Waals surface area contributed by atoms with Crippen LogP contribution in [0.3, 0.4) is 0 Å². The molecule has 0 unspecified atom stereocenters. The highest BCUT2D eigenvalue weighted by Crippen LogP contribution is 2.28. The number of para-hydroxylation sites is 2. The van der Waals surface area contributed by atoms with E-state index in [1.165, 1.54) is 0 Å². The SMILES string of the molecule is COc1ccccc1N1CCN(CCC(=O)NCCN(C)C)CC1. The first-order valence-corrected chi connectivity index (χ1v) is 8.62. The van der Waals surface area contributed by atoms with Crippen LogP contribution in [0.25, 0.3) is 0 Å². The Morgan fingerprint density at radius 2 is 1.92 bits per heavy atom. The summed E-state index contributed by atoms with van der Waals surface area (Å²) in [5.41, 5.74) is 1.15. The minimum absolute atomic E-state index is 0.143. The summed E-state index contributed by atoms with van der Waals surface area (Å²) < 4.78 is 5.45. The molecule has 134 valence electrons. The van der Waals surface area contributed by atoms with Crippen LogP contribution < -0.4 is 15.0 Å². The second-order valence-corrected chi connectivity index (χ2v) is 6.40. The molecule has 0 atom stereocenters. The van der Waals surface area contributed by atoms with Crippen LogP contribution in [0.5, 0.6) is 5.75 Å². The molecule has 6 heteroatoms. The summed E-state index contributed by atoms with van der Waals surface area (Å²) >= 11 is 0. The lowest BCUT2D eigenvalue weighted by Gasteiger charge is -2.36. The van der Waals surface area contributed by atoms with Gasteiger partial charge in [0.1, 0.15) is 5.75 Å². The average Bonchev–Trinajstić information content (AvgIpc) is 2.60. The van der Waals surface area contributed by atoms with Crippen LogP contribution in [0.15, 0.2) is 24.3 Å². The number of ether oxygens (including phenoxy) is 1. The predicted molar refractivity (Wildman–Crippen MR) is 97.8 cm³/mol. The van der Waals surface area contributed by atoms with Crippen molar-refractivity contribution >= 4 is 11.6 Å². The van der Waals surface area contributed by atoms with Gasteiger partial charge in [0.2, 0.25) is 5.91 Å². The summed E-state index contributed by atoms with van der Waals surface area (Å²) in [4.78, 5) is 18.6. The van der Waals surface area contributed by atoms with Gasteiger partial charge < -0.3 is 19.9 Å². The molecule has 1 saturated heterocycles. The number of nitrogens with zero attached hydrogens (tertiary/aromatic N) is 3. The van der Waals surface area contributed by atoms with Gasteiger partial charge in [-0.05, 0) is 26.2 Å². The lowest BCUT2D eigenvalue weighted by Crippen LogP contribution is -2.47. The largest absolute Gasteiger partial charge is 0.495 e. The number of likely N-dealkylation sites (N-methyl/N-ethyl adjacent to an activating group) is 1. The van der Waals surface area contributed by atoms with Crippen LogP contribution in [-0.2, 0) is 4.79 Å². The molecule has 0 radical (unpaired) electrons. The molecule has 1 aromatic carbocycles. The summed E-state index contributed by atoms with van der Waals surface area (Å²) in [5, 5.41) is 2.97. The zero-order valence-electron chi connectivity index (χ0n) is 15.1. The molecule has 0 saturated carbocycles.